The molecule has 0 saturated carbocycles. The number of hydrogen-bond donors (Lipinski definition) is 10. The van der Waals surface area contributed by atoms with Crippen molar-refractivity contribution < 1.29 is 133 Å². The number of carbonyl (C=O) groups is 2. The first-order chi connectivity index (χ1) is 44.1. The Bertz CT molecular complexity index is 4000. The molecule has 0 aliphatic rings. The summed E-state index contributed by atoms with van der Waals surface area (Å²) in [6.45, 7) is 1.93. The van der Waals surface area contributed by atoms with Gasteiger partial charge in [0.15, 0.2) is 11.7 Å². The third-order valence-corrected chi connectivity index (χ3v) is 13.1. The van der Waals surface area contributed by atoms with Gasteiger partial charge in [0.25, 0.3) is 20.2 Å². The van der Waals surface area contributed by atoms with Gasteiger partial charge < -0.3 is 52.1 Å². The Morgan fingerprint density at radius 3 is 1.34 bits per heavy atom. The molecule has 0 spiro atoms. The Morgan fingerprint density at radius 1 is 0.564 bits per heavy atom. The molecule has 41 heteroatoms. The first-order valence-corrected chi connectivity index (χ1v) is 28.9. The summed E-state index contributed by atoms with van der Waals surface area (Å²) >= 11 is 1.14. The minimum Gasteiger partial charge on any atom is -0.571 e. The van der Waals surface area contributed by atoms with Crippen molar-refractivity contribution in [2.75, 3.05) is 39.1 Å². The summed E-state index contributed by atoms with van der Waals surface area (Å²) in [5, 5.41) is 92.5. The van der Waals surface area contributed by atoms with Gasteiger partial charge in [-0.2, -0.15) is 21.2 Å². The van der Waals surface area contributed by atoms with Gasteiger partial charge in [-0.15, -0.1) is 29.1 Å². The van der Waals surface area contributed by atoms with Crippen molar-refractivity contribution in [3.63, 3.8) is 0 Å². The van der Waals surface area contributed by atoms with Gasteiger partial charge in [0, 0.05) is 59.2 Å². The van der Waals surface area contributed by atoms with Crippen LogP contribution in [0.15, 0.2) is 209 Å². The molecule has 0 fully saturated rings. The van der Waals surface area contributed by atoms with Gasteiger partial charge in [-0.25, -0.2) is 40.0 Å². The van der Waals surface area contributed by atoms with E-state index in [9.17, 15) is 69.1 Å². The van der Waals surface area contributed by atoms with Crippen molar-refractivity contribution in [2.24, 2.45) is 30.7 Å². The van der Waals surface area contributed by atoms with Crippen molar-refractivity contribution in [1.29, 1.82) is 0 Å². The van der Waals surface area contributed by atoms with Crippen LogP contribution in [0, 0.1) is 12.9 Å². The van der Waals surface area contributed by atoms with Crippen molar-refractivity contribution in [3.8, 4) is 11.5 Å². The topological polar surface area (TPSA) is 479 Å². The molecule has 32 nitrogen and oxygen atoms in total. The van der Waals surface area contributed by atoms with Gasteiger partial charge in [0.2, 0.25) is 5.95 Å². The maximum Gasteiger partial charge on any atom is 1.00 e. The van der Waals surface area contributed by atoms with Crippen LogP contribution >= 0.6 is 24.1 Å². The average Bonchev–Trinajstić information content (AvgIpc) is 0.859. The van der Waals surface area contributed by atoms with Crippen LogP contribution in [-0.4, -0.2) is 129 Å². The number of amidine groups is 2. The maximum absolute atomic E-state index is 11.8. The van der Waals surface area contributed by atoms with Crippen molar-refractivity contribution >= 4 is 102 Å². The normalized spacial score (nSPS) is 10.9. The van der Waals surface area contributed by atoms with Gasteiger partial charge in [0.05, 0.1) is 70.7 Å². The fraction of sp³-hybridized carbons (Fsp3) is 0.0943. The van der Waals surface area contributed by atoms with Crippen LogP contribution in [0.4, 0.5) is 47.3 Å². The number of alkyl halides is 2. The first kappa shape index (κ1) is 82.9. The number of anilines is 2. The fourth-order valence-electron chi connectivity index (χ4n) is 6.26. The van der Waals surface area contributed by atoms with Gasteiger partial charge in [0.1, 0.15) is 35.5 Å². The van der Waals surface area contributed by atoms with Crippen LogP contribution in [0.3, 0.4) is 0 Å². The fourth-order valence-corrected chi connectivity index (χ4v) is 8.11. The molecular formula is C53H51Cu2F3N14O18S4. The van der Waals surface area contributed by atoms with E-state index in [1.807, 2.05) is 13.0 Å². The van der Waals surface area contributed by atoms with Crippen LogP contribution in [0.5, 0.6) is 11.5 Å². The zero-order valence-electron chi connectivity index (χ0n) is 48.4. The number of carboxylic acid groups (broad SMARTS) is 2. The maximum atomic E-state index is 11.8. The van der Waals surface area contributed by atoms with Crippen molar-refractivity contribution in [3.05, 3.63) is 203 Å². The van der Waals surface area contributed by atoms with E-state index in [-0.39, 0.29) is 96.0 Å². The van der Waals surface area contributed by atoms with Crippen LogP contribution in [0.25, 0.3) is 10.9 Å². The Kier molecular flexibility index (Phi) is 38.5. The third kappa shape index (κ3) is 28.0. The molecule has 2 heterocycles. The Morgan fingerprint density at radius 2 is 0.989 bits per heavy atom. The second-order valence-corrected chi connectivity index (χ2v) is 20.5. The van der Waals surface area contributed by atoms with E-state index < -0.39 is 59.4 Å². The Balaban J connectivity index is 0.000000729. The second-order valence-electron chi connectivity index (χ2n) is 16.1. The van der Waals surface area contributed by atoms with Crippen molar-refractivity contribution in [2.45, 2.75) is 26.5 Å². The van der Waals surface area contributed by atoms with E-state index in [0.29, 0.717) is 54.5 Å². The summed E-state index contributed by atoms with van der Waals surface area (Å²) < 4.78 is 105. The molecular weight excluding hydrogens is 1430 g/mol. The molecule has 8 rings (SSSR count). The monoisotopic (exact) mass is 1480 g/mol. The van der Waals surface area contributed by atoms with Crippen LogP contribution in [0.1, 0.15) is 37.5 Å². The summed E-state index contributed by atoms with van der Waals surface area (Å²) in [5.74, 6) is -4.25. The molecule has 0 unspecified atom stereocenters. The SMILES string of the molecule is CF.CF.CNc1cc(S(=O)(=O)O)cc([N-]N=C(N=Nc2cc(SOOO)ccc2C(=O)O)c2ccccc2)c1O.CNc1cc(S(=O)(=O)O)cc([N-]N=C(N=Nc2ccc(SOOO)cc2C(=O)O)c2ccccc2)c1O.Cc1ccncn1.Fc1ccncn1.[Cu+].[Cu+]. The number of nitrogens with zero attached hydrogens (tertiary/aromatic N) is 12. The van der Waals surface area contributed by atoms with E-state index in [1.165, 1.54) is 69.1 Å². The predicted octanol–water partition coefficient (Wildman–Crippen LogP) is 12.5. The number of aromatic carboxylic acids is 2. The summed E-state index contributed by atoms with van der Waals surface area (Å²) in [5.41, 5.74) is 8.26. The average molecular weight is 1480 g/mol. The Labute approximate surface area is 562 Å². The van der Waals surface area contributed by atoms with E-state index in [2.05, 4.69) is 90.8 Å². The molecule has 2 aromatic heterocycles. The first-order valence-electron chi connectivity index (χ1n) is 24.6. The number of azo groups is 2. The number of phenolic OH excluding ortho intramolecular Hbond substituents is 2. The molecule has 94 heavy (non-hydrogen) atoms. The number of aromatic nitrogens is 4. The second kappa shape index (κ2) is 43.6. The molecule has 10 N–H and O–H groups in total. The quantitative estimate of drug-likeness (QED) is 0.00324. The van der Waals surface area contributed by atoms with Gasteiger partial charge in [-0.1, -0.05) is 94.2 Å². The number of aryl methyl sites for hydroxylation is 1. The molecule has 0 aliphatic carbocycles. The molecule has 6 aromatic carbocycles. The number of benzene rings is 6. The van der Waals surface area contributed by atoms with E-state index in [1.54, 1.807) is 66.9 Å². The van der Waals surface area contributed by atoms with Crippen molar-refractivity contribution in [1.82, 2.24) is 19.9 Å². The van der Waals surface area contributed by atoms with Gasteiger partial charge >= 0.3 is 46.1 Å². The zero-order valence-corrected chi connectivity index (χ0v) is 53.6. The van der Waals surface area contributed by atoms with Crippen LogP contribution in [-0.2, 0) is 73.1 Å². The number of halogens is 3. The van der Waals surface area contributed by atoms with Crippen LogP contribution < -0.4 is 10.6 Å². The molecule has 0 saturated heterocycles. The zero-order chi connectivity index (χ0) is 68.2. The van der Waals surface area contributed by atoms with Gasteiger partial charge in [-0.3, -0.25) is 17.9 Å². The Hall–Kier alpha value is -9.13. The number of phenols is 2. The molecule has 508 valence electrons. The molecule has 0 atom stereocenters. The molecule has 8 aromatic rings. The summed E-state index contributed by atoms with van der Waals surface area (Å²) in [4.78, 5) is 37.2. The summed E-state index contributed by atoms with van der Waals surface area (Å²) in [6, 6.07) is 31.4. The van der Waals surface area contributed by atoms with Gasteiger partial charge in [-0.05, 0) is 61.5 Å². The number of rotatable bonds is 20. The number of carboxylic acids is 2. The number of nitrogens with one attached hydrogen (secondary N) is 2. The molecule has 0 aliphatic heterocycles. The van der Waals surface area contributed by atoms with E-state index >= 15 is 0 Å². The summed E-state index contributed by atoms with van der Waals surface area (Å²) in [6.07, 6.45) is 5.77. The molecule has 0 bridgehead atoms. The largest absolute Gasteiger partial charge is 1.00 e. The number of hydrogen-bond acceptors (Lipinski definition) is 26. The van der Waals surface area contributed by atoms with Crippen LogP contribution in [0.2, 0.25) is 0 Å². The minimum atomic E-state index is -4.63. The third-order valence-electron chi connectivity index (χ3n) is 10.3. The smallest absolute Gasteiger partial charge is 0.571 e. The standard InChI is InChI=1S/2C21H19N5O9S2.C5H6N2.C4H3FN2.2CH3F.2Cu/c1-22-17-10-14(37(31,32)33)11-18(19(17)27)24-26-20(12-5-3-2-4-6-12)25-23-16-8-7-13(36-35-34-30)9-15(16)21(28)29;1-22-17-10-14(37(31,32)33)11-18(19(17)27)24-26-20(12-5-3-2-4-6-12)25-23-16-9-13(36-35-34-30)7-8-15(16)21(28)29;1-5-2-3-6-4-7-5;5-4-1-2-6-3-7-4;2*1-2;;/h2*2-11H,1H3,(H6,22,23,24,25,26,27,28,29,30,31,32,33);2-4H,1H3;1-3H;2*1H3;;/q;;;;;;2*+1/p-2. The number of aromatic hydroxyl groups is 2. The van der Waals surface area contributed by atoms with E-state index in [0.717, 1.165) is 36.3 Å². The van der Waals surface area contributed by atoms with E-state index in [4.69, 9.17) is 10.5 Å². The minimum absolute atomic E-state index is 0. The molecule has 0 amide bonds. The molecule has 0 radical (unpaired) electrons. The predicted molar refractivity (Wildman–Crippen MR) is 327 cm³/mol. The summed E-state index contributed by atoms with van der Waals surface area (Å²) in [7, 11) is -5.41.